The van der Waals surface area contributed by atoms with E-state index < -0.39 is 0 Å². The van der Waals surface area contributed by atoms with Crippen molar-refractivity contribution in [2.75, 3.05) is 18.9 Å². The number of likely N-dealkylation sites (N-methyl/N-ethyl adjacent to an activating group) is 1. The smallest absolute Gasteiger partial charge is 0.321 e. The summed E-state index contributed by atoms with van der Waals surface area (Å²) in [7, 11) is 1.73. The van der Waals surface area contributed by atoms with Gasteiger partial charge in [-0.2, -0.15) is 4.98 Å². The first-order valence-corrected chi connectivity index (χ1v) is 11.3. The van der Waals surface area contributed by atoms with Crippen LogP contribution >= 0.6 is 0 Å². The van der Waals surface area contributed by atoms with E-state index in [9.17, 15) is 9.59 Å². The van der Waals surface area contributed by atoms with Gasteiger partial charge in [0.2, 0.25) is 0 Å². The Balaban J connectivity index is 1.29. The molecule has 8 heteroatoms. The van der Waals surface area contributed by atoms with Crippen molar-refractivity contribution in [1.29, 1.82) is 0 Å². The molecule has 3 amide bonds. The molecule has 1 heterocycles. The number of aryl methyl sites for hydroxylation is 1. The van der Waals surface area contributed by atoms with E-state index in [4.69, 9.17) is 4.52 Å². The Kier molecular flexibility index (Phi) is 7.02. The molecule has 0 aliphatic heterocycles. The Morgan fingerprint density at radius 3 is 2.55 bits per heavy atom. The van der Waals surface area contributed by atoms with Crippen molar-refractivity contribution >= 4 is 17.6 Å². The molecule has 33 heavy (non-hydrogen) atoms. The van der Waals surface area contributed by atoms with Gasteiger partial charge in [0.1, 0.15) is 0 Å². The van der Waals surface area contributed by atoms with Gasteiger partial charge < -0.3 is 20.1 Å². The van der Waals surface area contributed by atoms with E-state index >= 15 is 0 Å². The standard InChI is InChI=1S/C25H29N5O3/c1-17-7-3-6-10-21(17)27-25(32)30(2)16-15-22-28-24(33-29-22)19-13-11-18(12-14-19)23(31)26-20-8-4-5-9-20/h3,6-7,10-14,20H,4-5,8-9,15-16H2,1-2H3,(H,26,31)(H,27,32). The molecule has 4 rings (SSSR count). The Morgan fingerprint density at radius 1 is 1.09 bits per heavy atom. The highest BCUT2D eigenvalue weighted by Crippen LogP contribution is 2.20. The topological polar surface area (TPSA) is 100 Å². The number of anilines is 1. The van der Waals surface area contributed by atoms with Gasteiger partial charge in [0.05, 0.1) is 0 Å². The molecule has 0 atom stereocenters. The third kappa shape index (κ3) is 5.77. The summed E-state index contributed by atoms with van der Waals surface area (Å²) in [6.45, 7) is 2.39. The van der Waals surface area contributed by atoms with Crippen LogP contribution in [0.5, 0.6) is 0 Å². The quantitative estimate of drug-likeness (QED) is 0.558. The third-order valence-electron chi connectivity index (χ3n) is 5.96. The minimum Gasteiger partial charge on any atom is -0.349 e. The molecule has 8 nitrogen and oxygen atoms in total. The van der Waals surface area contributed by atoms with Crippen LogP contribution in [0, 0.1) is 6.92 Å². The van der Waals surface area contributed by atoms with Crippen LogP contribution in [0.4, 0.5) is 10.5 Å². The van der Waals surface area contributed by atoms with Crippen LogP contribution in [0.3, 0.4) is 0 Å². The van der Waals surface area contributed by atoms with E-state index in [1.807, 2.05) is 43.3 Å². The molecule has 0 spiro atoms. The van der Waals surface area contributed by atoms with Crippen LogP contribution in [0.2, 0.25) is 0 Å². The van der Waals surface area contributed by atoms with Gasteiger partial charge in [-0.25, -0.2) is 4.79 Å². The summed E-state index contributed by atoms with van der Waals surface area (Å²) in [6, 6.07) is 14.9. The predicted molar refractivity (Wildman–Crippen MR) is 126 cm³/mol. The fourth-order valence-electron chi connectivity index (χ4n) is 3.87. The first-order chi connectivity index (χ1) is 16.0. The van der Waals surface area contributed by atoms with E-state index in [2.05, 4.69) is 20.8 Å². The molecule has 0 saturated heterocycles. The molecular weight excluding hydrogens is 418 g/mol. The maximum atomic E-state index is 12.4. The van der Waals surface area contributed by atoms with Gasteiger partial charge in [0, 0.05) is 42.9 Å². The Bertz CT molecular complexity index is 1100. The lowest BCUT2D eigenvalue weighted by atomic mass is 10.1. The van der Waals surface area contributed by atoms with E-state index in [-0.39, 0.29) is 18.0 Å². The van der Waals surface area contributed by atoms with Crippen LogP contribution in [-0.4, -0.2) is 46.6 Å². The largest absolute Gasteiger partial charge is 0.349 e. The lowest BCUT2D eigenvalue weighted by Gasteiger charge is -2.18. The molecule has 1 aliphatic rings. The number of benzene rings is 2. The van der Waals surface area contributed by atoms with Crippen LogP contribution in [-0.2, 0) is 6.42 Å². The van der Waals surface area contributed by atoms with Crippen LogP contribution in [0.15, 0.2) is 53.1 Å². The molecule has 1 fully saturated rings. The molecule has 1 aromatic heterocycles. The summed E-state index contributed by atoms with van der Waals surface area (Å²) in [4.78, 5) is 30.8. The van der Waals surface area contributed by atoms with Crippen molar-refractivity contribution in [1.82, 2.24) is 20.4 Å². The van der Waals surface area contributed by atoms with Crippen molar-refractivity contribution in [2.45, 2.75) is 45.1 Å². The monoisotopic (exact) mass is 447 g/mol. The lowest BCUT2D eigenvalue weighted by Crippen LogP contribution is -2.33. The van der Waals surface area contributed by atoms with E-state index in [1.54, 1.807) is 24.1 Å². The second-order valence-electron chi connectivity index (χ2n) is 8.46. The number of carbonyl (C=O) groups excluding carboxylic acids is 2. The molecule has 1 saturated carbocycles. The van der Waals surface area contributed by atoms with Gasteiger partial charge >= 0.3 is 6.03 Å². The maximum Gasteiger partial charge on any atom is 0.321 e. The predicted octanol–water partition coefficient (Wildman–Crippen LogP) is 4.42. The highest BCUT2D eigenvalue weighted by molar-refractivity contribution is 5.94. The fraction of sp³-hybridized carbons (Fsp3) is 0.360. The Hall–Kier alpha value is -3.68. The summed E-state index contributed by atoms with van der Waals surface area (Å²) >= 11 is 0. The Morgan fingerprint density at radius 2 is 1.82 bits per heavy atom. The molecule has 172 valence electrons. The van der Waals surface area contributed by atoms with Crippen molar-refractivity contribution < 1.29 is 14.1 Å². The minimum absolute atomic E-state index is 0.0494. The van der Waals surface area contributed by atoms with Gasteiger partial charge in [-0.15, -0.1) is 0 Å². The van der Waals surface area contributed by atoms with Crippen molar-refractivity contribution in [3.63, 3.8) is 0 Å². The summed E-state index contributed by atoms with van der Waals surface area (Å²) in [5.41, 5.74) is 3.16. The average molecular weight is 448 g/mol. The SMILES string of the molecule is Cc1ccccc1NC(=O)N(C)CCc1noc(-c2ccc(C(=O)NC3CCCC3)cc2)n1. The number of hydrogen-bond acceptors (Lipinski definition) is 5. The second-order valence-corrected chi connectivity index (χ2v) is 8.46. The van der Waals surface area contributed by atoms with Crippen LogP contribution < -0.4 is 10.6 Å². The highest BCUT2D eigenvalue weighted by atomic mass is 16.5. The number of aromatic nitrogens is 2. The van der Waals surface area contributed by atoms with Crippen molar-refractivity contribution in [3.05, 3.63) is 65.5 Å². The molecule has 2 N–H and O–H groups in total. The first kappa shape index (κ1) is 22.5. The second kappa shape index (κ2) is 10.3. The summed E-state index contributed by atoms with van der Waals surface area (Å²) in [5, 5.41) is 10.0. The van der Waals surface area contributed by atoms with Gasteiger partial charge in [-0.05, 0) is 55.7 Å². The van der Waals surface area contributed by atoms with Gasteiger partial charge in [0.15, 0.2) is 5.82 Å². The third-order valence-corrected chi connectivity index (χ3v) is 5.96. The number of nitrogens with one attached hydrogen (secondary N) is 2. The molecule has 3 aromatic rings. The lowest BCUT2D eigenvalue weighted by molar-refractivity contribution is 0.0938. The molecule has 0 bridgehead atoms. The number of urea groups is 1. The Labute approximate surface area is 193 Å². The zero-order valence-corrected chi connectivity index (χ0v) is 19.0. The molecule has 1 aliphatic carbocycles. The summed E-state index contributed by atoms with van der Waals surface area (Å²) in [5.74, 6) is 0.857. The average Bonchev–Trinajstić information content (AvgIpc) is 3.51. The molecule has 0 radical (unpaired) electrons. The van der Waals surface area contributed by atoms with E-state index in [0.717, 1.165) is 29.7 Å². The van der Waals surface area contributed by atoms with Crippen LogP contribution in [0.25, 0.3) is 11.5 Å². The zero-order chi connectivity index (χ0) is 23.2. The molecular formula is C25H29N5O3. The van der Waals surface area contributed by atoms with Crippen LogP contribution in [0.1, 0.15) is 47.4 Å². The fourth-order valence-corrected chi connectivity index (χ4v) is 3.87. The first-order valence-electron chi connectivity index (χ1n) is 11.3. The number of rotatable bonds is 7. The van der Waals surface area contributed by atoms with E-state index in [0.29, 0.717) is 30.2 Å². The van der Waals surface area contributed by atoms with Gasteiger partial charge in [0.25, 0.3) is 11.8 Å². The number of amides is 3. The highest BCUT2D eigenvalue weighted by Gasteiger charge is 2.18. The maximum absolute atomic E-state index is 12.4. The van der Waals surface area contributed by atoms with E-state index in [1.165, 1.54) is 12.8 Å². The van der Waals surface area contributed by atoms with Gasteiger partial charge in [-0.1, -0.05) is 36.2 Å². The summed E-state index contributed by atoms with van der Waals surface area (Å²) < 4.78 is 5.38. The normalized spacial score (nSPS) is 13.6. The summed E-state index contributed by atoms with van der Waals surface area (Å²) in [6.07, 6.45) is 4.92. The number of carbonyl (C=O) groups is 2. The van der Waals surface area contributed by atoms with Gasteiger partial charge in [-0.3, -0.25) is 4.79 Å². The number of hydrogen-bond donors (Lipinski definition) is 2. The molecule has 2 aromatic carbocycles. The number of para-hydroxylation sites is 1. The zero-order valence-electron chi connectivity index (χ0n) is 19.0. The number of nitrogens with zero attached hydrogens (tertiary/aromatic N) is 3. The minimum atomic E-state index is -0.195. The van der Waals surface area contributed by atoms with Crippen molar-refractivity contribution in [3.8, 4) is 11.5 Å². The van der Waals surface area contributed by atoms with Crippen molar-refractivity contribution in [2.24, 2.45) is 0 Å². The molecule has 0 unspecified atom stereocenters.